The molecule has 2 rings (SSSR count). The molecule has 6 nitrogen and oxygen atoms in total. The first-order valence-corrected chi connectivity index (χ1v) is 7.77. The molecule has 0 unspecified atom stereocenters. The van der Waals surface area contributed by atoms with Gasteiger partial charge in [-0.2, -0.15) is 0 Å². The molecule has 0 aromatic heterocycles. The van der Waals surface area contributed by atoms with Crippen molar-refractivity contribution in [1.29, 1.82) is 0 Å². The third-order valence-electron chi connectivity index (χ3n) is 3.18. The van der Waals surface area contributed by atoms with Crippen molar-refractivity contribution in [3.05, 3.63) is 71.8 Å². The predicted octanol–water partition coefficient (Wildman–Crippen LogP) is 3.18. The van der Waals surface area contributed by atoms with E-state index in [4.69, 9.17) is 9.57 Å². The van der Waals surface area contributed by atoms with Crippen LogP contribution in [0.15, 0.2) is 65.8 Å². The minimum atomic E-state index is -1.51. The molecule has 0 spiro atoms. The van der Waals surface area contributed by atoms with Gasteiger partial charge in [-0.3, -0.25) is 0 Å². The summed E-state index contributed by atoms with van der Waals surface area (Å²) in [6.07, 6.45) is -1.11. The van der Waals surface area contributed by atoms with Gasteiger partial charge in [-0.05, 0) is 25.0 Å². The molecule has 0 atom stereocenters. The summed E-state index contributed by atoms with van der Waals surface area (Å²) in [5.74, 6) is -2.57. The summed E-state index contributed by atoms with van der Waals surface area (Å²) < 4.78 is 5.45. The fourth-order valence-corrected chi connectivity index (χ4v) is 2.07. The van der Waals surface area contributed by atoms with E-state index in [-0.39, 0.29) is 6.10 Å². The van der Waals surface area contributed by atoms with Crippen LogP contribution in [0.5, 0.6) is 0 Å². The molecule has 0 bridgehead atoms. The first-order valence-electron chi connectivity index (χ1n) is 7.77. The summed E-state index contributed by atoms with van der Waals surface area (Å²) in [5.41, 5.74) is 0.638. The van der Waals surface area contributed by atoms with Crippen LogP contribution in [-0.4, -0.2) is 28.9 Å². The van der Waals surface area contributed by atoms with Gasteiger partial charge in [-0.1, -0.05) is 65.8 Å². The van der Waals surface area contributed by atoms with Gasteiger partial charge in [0.2, 0.25) is 0 Å². The van der Waals surface area contributed by atoms with Gasteiger partial charge < -0.3 is 14.7 Å². The van der Waals surface area contributed by atoms with Crippen LogP contribution in [-0.2, 0) is 19.2 Å². The average molecular weight is 341 g/mol. The molecule has 25 heavy (non-hydrogen) atoms. The van der Waals surface area contributed by atoms with E-state index in [1.165, 1.54) is 0 Å². The van der Waals surface area contributed by atoms with Crippen molar-refractivity contribution in [1.82, 2.24) is 0 Å². The molecule has 0 aliphatic rings. The SMILES string of the molecule is CC(C)O/N=C(\C(=O)O)C(=O)OC(c1ccccc1)c1ccccc1. The van der Waals surface area contributed by atoms with Crippen LogP contribution >= 0.6 is 0 Å². The lowest BCUT2D eigenvalue weighted by Crippen LogP contribution is -2.28. The fourth-order valence-electron chi connectivity index (χ4n) is 2.07. The van der Waals surface area contributed by atoms with Crippen LogP contribution in [0.25, 0.3) is 0 Å². The highest BCUT2D eigenvalue weighted by Gasteiger charge is 2.27. The molecule has 0 radical (unpaired) electrons. The molecule has 2 aromatic rings. The first-order chi connectivity index (χ1) is 12.0. The van der Waals surface area contributed by atoms with E-state index in [0.717, 1.165) is 11.1 Å². The number of ether oxygens (including phenoxy) is 1. The highest BCUT2D eigenvalue weighted by Crippen LogP contribution is 2.26. The Balaban J connectivity index is 2.31. The Morgan fingerprint density at radius 2 is 1.40 bits per heavy atom. The smallest absolute Gasteiger partial charge is 0.369 e. The highest BCUT2D eigenvalue weighted by atomic mass is 16.6. The number of hydrogen-bond donors (Lipinski definition) is 1. The summed E-state index contributed by atoms with van der Waals surface area (Å²) in [4.78, 5) is 28.5. The quantitative estimate of drug-likeness (QED) is 0.362. The van der Waals surface area contributed by atoms with Crippen molar-refractivity contribution in [2.45, 2.75) is 26.1 Å². The largest absolute Gasteiger partial charge is 0.476 e. The number of carboxylic acid groups (broad SMARTS) is 1. The van der Waals surface area contributed by atoms with E-state index < -0.39 is 23.8 Å². The Labute approximate surface area is 145 Å². The van der Waals surface area contributed by atoms with Gasteiger partial charge in [-0.25, -0.2) is 9.59 Å². The van der Waals surface area contributed by atoms with Crippen molar-refractivity contribution in [2.75, 3.05) is 0 Å². The third-order valence-corrected chi connectivity index (χ3v) is 3.18. The van der Waals surface area contributed by atoms with Crippen LogP contribution in [0, 0.1) is 0 Å². The van der Waals surface area contributed by atoms with E-state index in [1.54, 1.807) is 38.1 Å². The number of carboxylic acids is 1. The van der Waals surface area contributed by atoms with E-state index in [2.05, 4.69) is 5.16 Å². The van der Waals surface area contributed by atoms with Gasteiger partial charge in [-0.15, -0.1) is 0 Å². The second-order valence-corrected chi connectivity index (χ2v) is 5.51. The second kappa shape index (κ2) is 8.63. The second-order valence-electron chi connectivity index (χ2n) is 5.51. The molecule has 0 aliphatic heterocycles. The normalized spacial score (nSPS) is 11.4. The maximum atomic E-state index is 12.3. The van der Waals surface area contributed by atoms with Gasteiger partial charge in [0, 0.05) is 0 Å². The lowest BCUT2D eigenvalue weighted by atomic mass is 10.0. The minimum absolute atomic E-state index is 0.360. The summed E-state index contributed by atoms with van der Waals surface area (Å²) in [6.45, 7) is 3.34. The van der Waals surface area contributed by atoms with Gasteiger partial charge in [0.05, 0.1) is 0 Å². The standard InChI is InChI=1S/C19H19NO5/c1-13(2)25-20-16(18(21)22)19(23)24-17(14-9-5-3-6-10-14)15-11-7-4-8-12-15/h3-13,17H,1-2H3,(H,21,22)/b20-16+. The van der Waals surface area contributed by atoms with Crippen molar-refractivity contribution in [2.24, 2.45) is 5.16 Å². The number of hydrogen-bond acceptors (Lipinski definition) is 5. The van der Waals surface area contributed by atoms with Crippen LogP contribution < -0.4 is 0 Å². The number of rotatable bonds is 7. The maximum absolute atomic E-state index is 12.3. The van der Waals surface area contributed by atoms with E-state index in [9.17, 15) is 14.7 Å². The molecule has 0 fully saturated rings. The molecule has 130 valence electrons. The molecule has 1 N–H and O–H groups in total. The van der Waals surface area contributed by atoms with Crippen molar-refractivity contribution in [3.63, 3.8) is 0 Å². The zero-order valence-corrected chi connectivity index (χ0v) is 14.0. The molecule has 0 heterocycles. The molecule has 0 amide bonds. The van der Waals surface area contributed by atoms with Crippen molar-refractivity contribution >= 4 is 17.7 Å². The minimum Gasteiger partial charge on any atom is -0.476 e. The number of oxime groups is 1. The van der Waals surface area contributed by atoms with Gasteiger partial charge >= 0.3 is 11.9 Å². The van der Waals surface area contributed by atoms with Gasteiger partial charge in [0.1, 0.15) is 6.10 Å². The predicted molar refractivity (Wildman–Crippen MR) is 92.1 cm³/mol. The average Bonchev–Trinajstić information content (AvgIpc) is 2.60. The molecule has 2 aromatic carbocycles. The molecule has 0 saturated heterocycles. The van der Waals surface area contributed by atoms with E-state index in [1.807, 2.05) is 36.4 Å². The van der Waals surface area contributed by atoms with Crippen LogP contribution in [0.1, 0.15) is 31.1 Å². The third kappa shape index (κ3) is 5.17. The molecule has 6 heteroatoms. The molecule has 0 aliphatic carbocycles. The lowest BCUT2D eigenvalue weighted by Gasteiger charge is -2.18. The van der Waals surface area contributed by atoms with Gasteiger partial charge in [0.15, 0.2) is 6.10 Å². The molecular weight excluding hydrogens is 322 g/mol. The Kier molecular flexibility index (Phi) is 6.28. The summed E-state index contributed by atoms with van der Waals surface area (Å²) >= 11 is 0. The van der Waals surface area contributed by atoms with Crippen LogP contribution in [0.3, 0.4) is 0 Å². The number of benzene rings is 2. The van der Waals surface area contributed by atoms with Crippen molar-refractivity contribution in [3.8, 4) is 0 Å². The van der Waals surface area contributed by atoms with Crippen LogP contribution in [0.2, 0.25) is 0 Å². The highest BCUT2D eigenvalue weighted by molar-refractivity contribution is 6.62. The zero-order valence-electron chi connectivity index (χ0n) is 14.0. The first kappa shape index (κ1) is 18.2. The topological polar surface area (TPSA) is 85.2 Å². The maximum Gasteiger partial charge on any atom is 0.369 e. The molecule has 0 saturated carbocycles. The number of aliphatic carboxylic acids is 1. The number of carbonyl (C=O) groups excluding carboxylic acids is 1. The van der Waals surface area contributed by atoms with E-state index in [0.29, 0.717) is 0 Å². The Bertz CT molecular complexity index is 701. The fraction of sp³-hybridized carbons (Fsp3) is 0.211. The van der Waals surface area contributed by atoms with Crippen LogP contribution in [0.4, 0.5) is 0 Å². The van der Waals surface area contributed by atoms with Gasteiger partial charge in [0.25, 0.3) is 5.71 Å². The van der Waals surface area contributed by atoms with E-state index >= 15 is 0 Å². The zero-order chi connectivity index (χ0) is 18.2. The monoisotopic (exact) mass is 341 g/mol. The number of nitrogens with zero attached hydrogens (tertiary/aromatic N) is 1. The number of carbonyl (C=O) groups is 2. The Hall–Kier alpha value is -3.15. The Morgan fingerprint density at radius 3 is 1.80 bits per heavy atom. The Morgan fingerprint density at radius 1 is 0.920 bits per heavy atom. The summed E-state index contributed by atoms with van der Waals surface area (Å²) in [5, 5.41) is 12.6. The van der Waals surface area contributed by atoms with Crippen molar-refractivity contribution < 1.29 is 24.3 Å². The number of esters is 1. The summed E-state index contributed by atoms with van der Waals surface area (Å²) in [7, 11) is 0. The lowest BCUT2D eigenvalue weighted by molar-refractivity contribution is -0.142. The molecular formula is C19H19NO5. The summed E-state index contributed by atoms with van der Waals surface area (Å²) in [6, 6.07) is 18.1.